The second kappa shape index (κ2) is 14.8. The lowest BCUT2D eigenvalue weighted by molar-refractivity contribution is 0.0963. The number of nitrogens with one attached hydrogen (secondary N) is 3. The molecule has 0 saturated heterocycles. The molecule has 0 radical (unpaired) electrons. The van der Waals surface area contributed by atoms with Crippen molar-refractivity contribution in [1.82, 2.24) is 20.9 Å². The van der Waals surface area contributed by atoms with E-state index in [2.05, 4.69) is 57.2 Å². The molecule has 2 rings (SSSR count). The van der Waals surface area contributed by atoms with Crippen LogP contribution in [0.15, 0.2) is 59.6 Å². The van der Waals surface area contributed by atoms with Crippen LogP contribution in [0, 0.1) is 0 Å². The van der Waals surface area contributed by atoms with Crippen molar-refractivity contribution in [3.8, 4) is 0 Å². The summed E-state index contributed by atoms with van der Waals surface area (Å²) in [6, 6.07) is 18.2. The van der Waals surface area contributed by atoms with Gasteiger partial charge in [-0.05, 0) is 49.7 Å². The summed E-state index contributed by atoms with van der Waals surface area (Å²) in [5.41, 5.74) is 3.14. The van der Waals surface area contributed by atoms with Crippen molar-refractivity contribution in [3.63, 3.8) is 0 Å². The van der Waals surface area contributed by atoms with E-state index < -0.39 is 0 Å². The van der Waals surface area contributed by atoms with Gasteiger partial charge in [-0.3, -0.25) is 9.79 Å². The molecule has 6 nitrogen and oxygen atoms in total. The van der Waals surface area contributed by atoms with Crippen LogP contribution in [-0.2, 0) is 13.0 Å². The predicted octanol–water partition coefficient (Wildman–Crippen LogP) is 2.89. The zero-order valence-electron chi connectivity index (χ0n) is 18.1. The Labute approximate surface area is 197 Å². The first kappa shape index (κ1) is 25.9. The van der Waals surface area contributed by atoms with Crippen molar-refractivity contribution in [2.24, 2.45) is 4.99 Å². The number of guanidine groups is 1. The first-order valence-corrected chi connectivity index (χ1v) is 10.1. The van der Waals surface area contributed by atoms with Crippen LogP contribution in [0.2, 0.25) is 0 Å². The molecule has 0 spiro atoms. The molecule has 7 heteroatoms. The summed E-state index contributed by atoms with van der Waals surface area (Å²) < 4.78 is 0. The minimum atomic E-state index is -0.0606. The van der Waals surface area contributed by atoms with Crippen molar-refractivity contribution in [1.29, 1.82) is 0 Å². The number of amides is 1. The highest BCUT2D eigenvalue weighted by atomic mass is 127. The maximum atomic E-state index is 11.7. The van der Waals surface area contributed by atoms with E-state index in [1.54, 1.807) is 14.1 Å². The summed E-state index contributed by atoms with van der Waals surface area (Å²) in [6.07, 6.45) is 1.86. The van der Waals surface area contributed by atoms with Crippen molar-refractivity contribution < 1.29 is 4.79 Å². The first-order valence-electron chi connectivity index (χ1n) is 10.1. The molecule has 164 valence electrons. The minimum absolute atomic E-state index is 0. The summed E-state index contributed by atoms with van der Waals surface area (Å²) in [7, 11) is 5.57. The molecule has 0 atom stereocenters. The van der Waals surface area contributed by atoms with Gasteiger partial charge in [0.25, 0.3) is 5.91 Å². The van der Waals surface area contributed by atoms with E-state index in [0.29, 0.717) is 5.56 Å². The number of hydrogen-bond donors (Lipinski definition) is 3. The Morgan fingerprint density at radius 1 is 1.00 bits per heavy atom. The summed E-state index contributed by atoms with van der Waals surface area (Å²) in [4.78, 5) is 18.3. The van der Waals surface area contributed by atoms with E-state index in [0.717, 1.165) is 50.5 Å². The number of aliphatic imine (C=N–C) groups is 1. The van der Waals surface area contributed by atoms with Gasteiger partial charge in [-0.2, -0.15) is 0 Å². The lowest BCUT2D eigenvalue weighted by Crippen LogP contribution is -2.39. The lowest BCUT2D eigenvalue weighted by atomic mass is 10.1. The van der Waals surface area contributed by atoms with Gasteiger partial charge in [-0.1, -0.05) is 42.5 Å². The first-order chi connectivity index (χ1) is 14.1. The molecule has 0 bridgehead atoms. The van der Waals surface area contributed by atoms with Gasteiger partial charge in [-0.15, -0.1) is 24.0 Å². The maximum absolute atomic E-state index is 11.7. The molecule has 2 aromatic rings. The molecule has 0 aromatic heterocycles. The number of halogens is 1. The Balaban J connectivity index is 0.00000450. The third-order valence-electron chi connectivity index (χ3n) is 4.65. The van der Waals surface area contributed by atoms with E-state index in [1.165, 1.54) is 5.56 Å². The minimum Gasteiger partial charge on any atom is -0.356 e. The highest BCUT2D eigenvalue weighted by molar-refractivity contribution is 14.0. The van der Waals surface area contributed by atoms with Crippen molar-refractivity contribution in [3.05, 3.63) is 71.3 Å². The van der Waals surface area contributed by atoms with E-state index in [-0.39, 0.29) is 29.9 Å². The Morgan fingerprint density at radius 2 is 1.70 bits per heavy atom. The number of rotatable bonds is 10. The van der Waals surface area contributed by atoms with Crippen LogP contribution in [0.4, 0.5) is 0 Å². The van der Waals surface area contributed by atoms with Gasteiger partial charge >= 0.3 is 0 Å². The Kier molecular flexibility index (Phi) is 12.8. The summed E-state index contributed by atoms with van der Waals surface area (Å²) in [5, 5.41) is 9.35. The van der Waals surface area contributed by atoms with E-state index in [4.69, 9.17) is 0 Å². The van der Waals surface area contributed by atoms with Gasteiger partial charge in [-0.25, -0.2) is 0 Å². The van der Waals surface area contributed by atoms with Crippen molar-refractivity contribution in [2.75, 3.05) is 40.8 Å². The monoisotopic (exact) mass is 523 g/mol. The molecule has 1 amide bonds. The highest BCUT2D eigenvalue weighted by Gasteiger charge is 2.04. The summed E-state index contributed by atoms with van der Waals surface area (Å²) in [5.74, 6) is 0.743. The van der Waals surface area contributed by atoms with Crippen LogP contribution < -0.4 is 16.0 Å². The second-order valence-electron chi connectivity index (χ2n) is 7.03. The zero-order valence-corrected chi connectivity index (χ0v) is 20.5. The van der Waals surface area contributed by atoms with Gasteiger partial charge in [0.05, 0.1) is 0 Å². The fourth-order valence-corrected chi connectivity index (χ4v) is 3.09. The predicted molar refractivity (Wildman–Crippen MR) is 136 cm³/mol. The molecule has 30 heavy (non-hydrogen) atoms. The Bertz CT molecular complexity index is 782. The van der Waals surface area contributed by atoms with Gasteiger partial charge in [0.2, 0.25) is 0 Å². The topological polar surface area (TPSA) is 68.8 Å². The molecule has 0 heterocycles. The number of nitrogens with zero attached hydrogens (tertiary/aromatic N) is 2. The van der Waals surface area contributed by atoms with Crippen LogP contribution in [0.3, 0.4) is 0 Å². The molecule has 0 aliphatic rings. The summed E-state index contributed by atoms with van der Waals surface area (Å²) >= 11 is 0. The summed E-state index contributed by atoms with van der Waals surface area (Å²) in [6.45, 7) is 3.60. The second-order valence-corrected chi connectivity index (χ2v) is 7.03. The van der Waals surface area contributed by atoms with E-state index >= 15 is 0 Å². The standard InChI is InChI=1S/C23H33N5O.HI/c1-24-22(29)21-12-7-11-19(17-21)13-15-27-23(25-2)26-14-8-16-28(3)18-20-9-5-4-6-10-20;/h4-7,9-12,17H,8,13-16,18H2,1-3H3,(H,24,29)(H2,25,26,27);1H. The highest BCUT2D eigenvalue weighted by Crippen LogP contribution is 2.06. The smallest absolute Gasteiger partial charge is 0.251 e. The molecule has 0 aliphatic carbocycles. The van der Waals surface area contributed by atoms with Crippen molar-refractivity contribution in [2.45, 2.75) is 19.4 Å². The average molecular weight is 523 g/mol. The largest absolute Gasteiger partial charge is 0.356 e. The fourth-order valence-electron chi connectivity index (χ4n) is 3.09. The lowest BCUT2D eigenvalue weighted by Gasteiger charge is -2.17. The maximum Gasteiger partial charge on any atom is 0.251 e. The molecule has 3 N–H and O–H groups in total. The average Bonchev–Trinajstić information content (AvgIpc) is 2.75. The molecule has 2 aromatic carbocycles. The van der Waals surface area contributed by atoms with E-state index in [9.17, 15) is 4.79 Å². The van der Waals surface area contributed by atoms with E-state index in [1.807, 2.05) is 30.3 Å². The Hall–Kier alpha value is -2.13. The quantitative estimate of drug-likeness (QED) is 0.194. The number of carbonyl (C=O) groups excluding carboxylic acids is 1. The third-order valence-corrected chi connectivity index (χ3v) is 4.65. The molecular formula is C23H34IN5O. The Morgan fingerprint density at radius 3 is 2.40 bits per heavy atom. The molecular weight excluding hydrogens is 489 g/mol. The number of benzene rings is 2. The molecule has 0 fully saturated rings. The van der Waals surface area contributed by atoms with Crippen LogP contribution in [0.25, 0.3) is 0 Å². The third kappa shape index (κ3) is 9.58. The zero-order chi connectivity index (χ0) is 20.9. The molecule has 0 saturated carbocycles. The van der Waals surface area contributed by atoms with Crippen LogP contribution >= 0.6 is 24.0 Å². The molecule has 0 aliphatic heterocycles. The fraction of sp³-hybridized carbons (Fsp3) is 0.391. The number of hydrogen-bond acceptors (Lipinski definition) is 3. The van der Waals surface area contributed by atoms with Crippen molar-refractivity contribution >= 4 is 35.8 Å². The number of carbonyl (C=O) groups is 1. The van der Waals surface area contributed by atoms with Gasteiger partial charge in [0, 0.05) is 39.3 Å². The van der Waals surface area contributed by atoms with Crippen LogP contribution in [-0.4, -0.2) is 57.5 Å². The van der Waals surface area contributed by atoms with Gasteiger partial charge < -0.3 is 20.9 Å². The normalized spacial score (nSPS) is 11.0. The molecule has 0 unspecified atom stereocenters. The van der Waals surface area contributed by atoms with Crippen LogP contribution in [0.1, 0.15) is 27.9 Å². The van der Waals surface area contributed by atoms with Gasteiger partial charge in [0.15, 0.2) is 5.96 Å². The van der Waals surface area contributed by atoms with Gasteiger partial charge in [0.1, 0.15) is 0 Å². The SMILES string of the molecule is CN=C(NCCCN(C)Cc1ccccc1)NCCc1cccc(C(=O)NC)c1.I. The van der Waals surface area contributed by atoms with Crippen LogP contribution in [0.5, 0.6) is 0 Å².